The van der Waals surface area contributed by atoms with Gasteiger partial charge in [-0.1, -0.05) is 31.5 Å². The Morgan fingerprint density at radius 1 is 1.22 bits per heavy atom. The summed E-state index contributed by atoms with van der Waals surface area (Å²) in [7, 11) is 0. The molecule has 100 valence electrons. The molecule has 1 aromatic carbocycles. The Morgan fingerprint density at radius 3 is 2.50 bits per heavy atom. The summed E-state index contributed by atoms with van der Waals surface area (Å²) in [5, 5.41) is 0. The van der Waals surface area contributed by atoms with Gasteiger partial charge in [0, 0.05) is 13.0 Å². The van der Waals surface area contributed by atoms with Crippen molar-refractivity contribution in [2.75, 3.05) is 6.61 Å². The van der Waals surface area contributed by atoms with E-state index in [0.717, 1.165) is 18.4 Å². The summed E-state index contributed by atoms with van der Waals surface area (Å²) in [6, 6.07) is 6.21. The molecular weight excluding hydrogens is 224 g/mol. The highest BCUT2D eigenvalue weighted by Gasteiger charge is 2.17. The number of ketones is 1. The Kier molecular flexibility index (Phi) is 6.06. The van der Waals surface area contributed by atoms with Gasteiger partial charge in [0.15, 0.2) is 5.78 Å². The van der Waals surface area contributed by atoms with Crippen LogP contribution in [-0.2, 0) is 16.0 Å². The van der Waals surface area contributed by atoms with Gasteiger partial charge in [0.1, 0.15) is 6.10 Å². The highest BCUT2D eigenvalue weighted by atomic mass is 16.5. The molecular formula is C16H24O2. The third-order valence-corrected chi connectivity index (χ3v) is 3.23. The van der Waals surface area contributed by atoms with Crippen molar-refractivity contribution in [1.29, 1.82) is 0 Å². The Hall–Kier alpha value is -1.15. The number of Topliss-reactive ketones (excluding diaryl/α,β-unsaturated/α-hetero) is 1. The summed E-state index contributed by atoms with van der Waals surface area (Å²) < 4.78 is 5.52. The van der Waals surface area contributed by atoms with Crippen LogP contribution in [0.15, 0.2) is 18.2 Å². The van der Waals surface area contributed by atoms with Crippen LogP contribution in [0.4, 0.5) is 0 Å². The van der Waals surface area contributed by atoms with Crippen molar-refractivity contribution in [3.8, 4) is 0 Å². The number of carbonyl (C=O) groups excluding carboxylic acids is 1. The van der Waals surface area contributed by atoms with Crippen LogP contribution in [0.2, 0.25) is 0 Å². The van der Waals surface area contributed by atoms with E-state index < -0.39 is 0 Å². The van der Waals surface area contributed by atoms with Crippen LogP contribution in [0.25, 0.3) is 0 Å². The van der Waals surface area contributed by atoms with Crippen molar-refractivity contribution in [2.45, 2.75) is 53.1 Å². The largest absolute Gasteiger partial charge is 0.371 e. The number of ether oxygens (including phenoxy) is 1. The third-order valence-electron chi connectivity index (χ3n) is 3.23. The van der Waals surface area contributed by atoms with Gasteiger partial charge in [-0.15, -0.1) is 0 Å². The molecule has 1 aromatic rings. The number of carbonyl (C=O) groups is 1. The van der Waals surface area contributed by atoms with E-state index in [-0.39, 0.29) is 11.9 Å². The molecule has 0 aromatic heterocycles. The summed E-state index contributed by atoms with van der Waals surface area (Å²) in [5.41, 5.74) is 3.59. The molecule has 0 heterocycles. The predicted octanol–water partition coefficient (Wildman–Crippen LogP) is 3.62. The van der Waals surface area contributed by atoms with Crippen LogP contribution in [0.1, 0.15) is 43.4 Å². The number of benzene rings is 1. The minimum Gasteiger partial charge on any atom is -0.371 e. The maximum Gasteiger partial charge on any atom is 0.165 e. The van der Waals surface area contributed by atoms with Crippen molar-refractivity contribution < 1.29 is 9.53 Å². The molecule has 0 aliphatic heterocycles. The van der Waals surface area contributed by atoms with E-state index in [2.05, 4.69) is 32.9 Å². The molecule has 0 saturated carbocycles. The minimum atomic E-state index is -0.235. The topological polar surface area (TPSA) is 26.3 Å². The lowest BCUT2D eigenvalue weighted by atomic mass is 9.99. The lowest BCUT2D eigenvalue weighted by Crippen LogP contribution is -2.26. The second kappa shape index (κ2) is 7.32. The molecule has 1 atom stereocenters. The summed E-state index contributed by atoms with van der Waals surface area (Å²) in [5.74, 6) is 0.196. The molecule has 1 rings (SSSR count). The molecule has 18 heavy (non-hydrogen) atoms. The van der Waals surface area contributed by atoms with E-state index in [1.807, 2.05) is 13.0 Å². The second-order valence-corrected chi connectivity index (χ2v) is 4.79. The summed E-state index contributed by atoms with van der Waals surface area (Å²) in [6.07, 6.45) is 2.04. The number of aryl methyl sites for hydroxylation is 2. The lowest BCUT2D eigenvalue weighted by molar-refractivity contribution is -0.130. The fraction of sp³-hybridized carbons (Fsp3) is 0.562. The van der Waals surface area contributed by atoms with Crippen LogP contribution >= 0.6 is 0 Å². The van der Waals surface area contributed by atoms with Gasteiger partial charge in [-0.2, -0.15) is 0 Å². The Bertz CT molecular complexity index is 390. The van der Waals surface area contributed by atoms with Crippen LogP contribution in [-0.4, -0.2) is 18.5 Å². The summed E-state index contributed by atoms with van der Waals surface area (Å²) in [6.45, 7) is 8.78. The number of rotatable bonds is 7. The molecule has 2 heteroatoms. The highest BCUT2D eigenvalue weighted by molar-refractivity contribution is 5.85. The minimum absolute atomic E-state index is 0.196. The fourth-order valence-electron chi connectivity index (χ4n) is 2.03. The monoisotopic (exact) mass is 248 g/mol. The molecule has 0 fully saturated rings. The number of hydrogen-bond acceptors (Lipinski definition) is 2. The van der Waals surface area contributed by atoms with Gasteiger partial charge in [0.05, 0.1) is 0 Å². The molecule has 0 saturated heterocycles. The highest BCUT2D eigenvalue weighted by Crippen LogP contribution is 2.13. The summed E-state index contributed by atoms with van der Waals surface area (Å²) >= 11 is 0. The second-order valence-electron chi connectivity index (χ2n) is 4.79. The van der Waals surface area contributed by atoms with Crippen molar-refractivity contribution in [1.82, 2.24) is 0 Å². The molecule has 0 radical (unpaired) electrons. The first kappa shape index (κ1) is 14.9. The maximum absolute atomic E-state index is 12.2. The molecule has 0 amide bonds. The van der Waals surface area contributed by atoms with E-state index in [9.17, 15) is 4.79 Å². The third kappa shape index (κ3) is 4.26. The first-order valence-electron chi connectivity index (χ1n) is 6.78. The van der Waals surface area contributed by atoms with Crippen molar-refractivity contribution in [3.63, 3.8) is 0 Å². The summed E-state index contributed by atoms with van der Waals surface area (Å²) in [4.78, 5) is 12.2. The van der Waals surface area contributed by atoms with Gasteiger partial charge in [0.2, 0.25) is 0 Å². The normalized spacial score (nSPS) is 12.4. The molecule has 0 spiro atoms. The van der Waals surface area contributed by atoms with Crippen molar-refractivity contribution >= 4 is 5.78 Å². The quantitative estimate of drug-likeness (QED) is 0.736. The average Bonchev–Trinajstić information content (AvgIpc) is 2.33. The molecule has 0 aliphatic rings. The van der Waals surface area contributed by atoms with Gasteiger partial charge < -0.3 is 4.74 Å². The van der Waals surface area contributed by atoms with E-state index in [1.165, 1.54) is 11.1 Å². The zero-order chi connectivity index (χ0) is 13.5. The lowest BCUT2D eigenvalue weighted by Gasteiger charge is -2.15. The molecule has 0 bridgehead atoms. The predicted molar refractivity (Wildman–Crippen MR) is 74.9 cm³/mol. The van der Waals surface area contributed by atoms with E-state index >= 15 is 0 Å². The average molecular weight is 248 g/mol. The first-order chi connectivity index (χ1) is 8.58. The van der Waals surface area contributed by atoms with Crippen LogP contribution in [0.5, 0.6) is 0 Å². The zero-order valence-corrected chi connectivity index (χ0v) is 12.0. The van der Waals surface area contributed by atoms with Gasteiger partial charge in [0.25, 0.3) is 0 Å². The number of hydrogen-bond donors (Lipinski definition) is 0. The van der Waals surface area contributed by atoms with Crippen LogP contribution < -0.4 is 0 Å². The van der Waals surface area contributed by atoms with Gasteiger partial charge >= 0.3 is 0 Å². The molecule has 0 N–H and O–H groups in total. The Balaban J connectivity index is 2.69. The van der Waals surface area contributed by atoms with E-state index in [1.54, 1.807) is 0 Å². The molecule has 0 aliphatic carbocycles. The molecule has 2 nitrogen and oxygen atoms in total. The van der Waals surface area contributed by atoms with E-state index in [0.29, 0.717) is 13.0 Å². The van der Waals surface area contributed by atoms with Crippen LogP contribution in [0, 0.1) is 13.8 Å². The van der Waals surface area contributed by atoms with Crippen LogP contribution in [0.3, 0.4) is 0 Å². The molecule has 1 unspecified atom stereocenters. The fourth-order valence-corrected chi connectivity index (χ4v) is 2.03. The SMILES string of the molecule is CCCC(OCC)C(=O)Cc1ccc(C)c(C)c1. The van der Waals surface area contributed by atoms with Gasteiger partial charge in [-0.3, -0.25) is 4.79 Å². The smallest absolute Gasteiger partial charge is 0.165 e. The van der Waals surface area contributed by atoms with E-state index in [4.69, 9.17) is 4.74 Å². The van der Waals surface area contributed by atoms with Gasteiger partial charge in [-0.25, -0.2) is 0 Å². The van der Waals surface area contributed by atoms with Crippen molar-refractivity contribution in [3.05, 3.63) is 34.9 Å². The standard InChI is InChI=1S/C16H24O2/c1-5-7-16(18-6-2)15(17)11-14-9-8-12(3)13(4)10-14/h8-10,16H,5-7,11H2,1-4H3. The zero-order valence-electron chi connectivity index (χ0n) is 12.0. The first-order valence-corrected chi connectivity index (χ1v) is 6.78. The Morgan fingerprint density at radius 2 is 1.94 bits per heavy atom. The van der Waals surface area contributed by atoms with Gasteiger partial charge in [-0.05, 0) is 43.9 Å². The maximum atomic E-state index is 12.2. The Labute approximate surface area is 110 Å². The van der Waals surface area contributed by atoms with Crippen molar-refractivity contribution in [2.24, 2.45) is 0 Å².